The fraction of sp³-hybridized carbons (Fsp3) is 0.824. The fourth-order valence-corrected chi connectivity index (χ4v) is 5.74. The molecular formula is C17H27N3. The van der Waals surface area contributed by atoms with Crippen LogP contribution in [0.5, 0.6) is 0 Å². The van der Waals surface area contributed by atoms with E-state index in [0.29, 0.717) is 6.04 Å². The van der Waals surface area contributed by atoms with Crippen molar-refractivity contribution in [1.82, 2.24) is 15.5 Å². The van der Waals surface area contributed by atoms with Gasteiger partial charge in [-0.3, -0.25) is 5.10 Å². The maximum Gasteiger partial charge on any atom is 0.0535 e. The molecule has 3 nitrogen and oxygen atoms in total. The van der Waals surface area contributed by atoms with Crippen molar-refractivity contribution in [2.75, 3.05) is 0 Å². The van der Waals surface area contributed by atoms with Gasteiger partial charge in [0.05, 0.1) is 6.20 Å². The largest absolute Gasteiger partial charge is 0.310 e. The zero-order valence-electron chi connectivity index (χ0n) is 12.7. The van der Waals surface area contributed by atoms with Crippen molar-refractivity contribution in [3.05, 3.63) is 17.5 Å². The first-order valence-electron chi connectivity index (χ1n) is 8.43. The summed E-state index contributed by atoms with van der Waals surface area (Å²) in [6.07, 6.45) is 9.60. The molecular weight excluding hydrogens is 246 g/mol. The first-order chi connectivity index (χ1) is 9.70. The average molecular weight is 273 g/mol. The Bertz CT molecular complexity index is 450. The van der Waals surface area contributed by atoms with E-state index in [4.69, 9.17) is 0 Å². The van der Waals surface area contributed by atoms with Gasteiger partial charge in [0.2, 0.25) is 0 Å². The van der Waals surface area contributed by atoms with Crippen molar-refractivity contribution >= 4 is 0 Å². The SMILES string of the molecule is Cc1[nH]ncc1CNC(C)C1C2CC3CC(C2)CC1C3. The van der Waals surface area contributed by atoms with E-state index in [-0.39, 0.29) is 0 Å². The molecule has 1 unspecified atom stereocenters. The smallest absolute Gasteiger partial charge is 0.0535 e. The Balaban J connectivity index is 1.41. The number of nitrogens with zero attached hydrogens (tertiary/aromatic N) is 1. The monoisotopic (exact) mass is 273 g/mol. The van der Waals surface area contributed by atoms with E-state index in [1.54, 1.807) is 6.42 Å². The molecule has 4 aliphatic carbocycles. The quantitative estimate of drug-likeness (QED) is 0.884. The molecule has 0 aromatic carbocycles. The van der Waals surface area contributed by atoms with Gasteiger partial charge < -0.3 is 5.32 Å². The Kier molecular flexibility index (Phi) is 3.13. The van der Waals surface area contributed by atoms with Crippen LogP contribution in [0.2, 0.25) is 0 Å². The Morgan fingerprint density at radius 1 is 1.20 bits per heavy atom. The minimum absolute atomic E-state index is 0.652. The normalized spacial score (nSPS) is 40.2. The molecule has 4 aliphatic rings. The maximum absolute atomic E-state index is 4.12. The van der Waals surface area contributed by atoms with E-state index >= 15 is 0 Å². The molecule has 3 heteroatoms. The van der Waals surface area contributed by atoms with Crippen LogP contribution in [0, 0.1) is 36.5 Å². The van der Waals surface area contributed by atoms with Gasteiger partial charge in [0.25, 0.3) is 0 Å². The summed E-state index contributed by atoms with van der Waals surface area (Å²) in [6, 6.07) is 0.652. The van der Waals surface area contributed by atoms with Crippen LogP contribution in [0.1, 0.15) is 50.3 Å². The van der Waals surface area contributed by atoms with Crippen LogP contribution < -0.4 is 5.32 Å². The second-order valence-electron chi connectivity index (χ2n) is 7.70. The third-order valence-corrected chi connectivity index (χ3v) is 6.43. The summed E-state index contributed by atoms with van der Waals surface area (Å²) in [6.45, 7) is 5.49. The third kappa shape index (κ3) is 2.11. The predicted octanol–water partition coefficient (Wildman–Crippen LogP) is 3.27. The van der Waals surface area contributed by atoms with Gasteiger partial charge in [0, 0.05) is 23.8 Å². The lowest BCUT2D eigenvalue weighted by molar-refractivity contribution is -0.0494. The highest BCUT2D eigenvalue weighted by molar-refractivity contribution is 5.14. The lowest BCUT2D eigenvalue weighted by Crippen LogP contribution is -2.51. The van der Waals surface area contributed by atoms with Gasteiger partial charge in [-0.2, -0.15) is 5.10 Å². The van der Waals surface area contributed by atoms with Gasteiger partial charge >= 0.3 is 0 Å². The van der Waals surface area contributed by atoms with Crippen molar-refractivity contribution in [3.8, 4) is 0 Å². The van der Waals surface area contributed by atoms with Gasteiger partial charge in [-0.25, -0.2) is 0 Å². The zero-order chi connectivity index (χ0) is 13.7. The van der Waals surface area contributed by atoms with E-state index < -0.39 is 0 Å². The minimum atomic E-state index is 0.652. The van der Waals surface area contributed by atoms with Crippen LogP contribution in [-0.2, 0) is 6.54 Å². The molecule has 1 aromatic rings. The van der Waals surface area contributed by atoms with E-state index in [2.05, 4.69) is 29.4 Å². The van der Waals surface area contributed by atoms with E-state index in [1.165, 1.54) is 36.9 Å². The fourth-order valence-electron chi connectivity index (χ4n) is 5.74. The number of H-pyrrole nitrogens is 1. The molecule has 4 fully saturated rings. The average Bonchev–Trinajstić information content (AvgIpc) is 2.80. The van der Waals surface area contributed by atoms with Crippen molar-refractivity contribution in [2.45, 2.75) is 58.5 Å². The van der Waals surface area contributed by atoms with Crippen LogP contribution in [0.25, 0.3) is 0 Å². The maximum atomic E-state index is 4.12. The van der Waals surface area contributed by atoms with Crippen LogP contribution in [0.3, 0.4) is 0 Å². The van der Waals surface area contributed by atoms with Crippen molar-refractivity contribution in [2.24, 2.45) is 29.6 Å². The molecule has 0 amide bonds. The number of aromatic nitrogens is 2. The summed E-state index contributed by atoms with van der Waals surface area (Å²) in [5, 5.41) is 10.9. The van der Waals surface area contributed by atoms with Crippen LogP contribution >= 0.6 is 0 Å². The first kappa shape index (κ1) is 12.9. The van der Waals surface area contributed by atoms with Crippen LogP contribution in [0.4, 0.5) is 0 Å². The molecule has 110 valence electrons. The van der Waals surface area contributed by atoms with Crippen LogP contribution in [0.15, 0.2) is 6.20 Å². The molecule has 0 radical (unpaired) electrons. The topological polar surface area (TPSA) is 40.7 Å². The second kappa shape index (κ2) is 4.87. The molecule has 20 heavy (non-hydrogen) atoms. The predicted molar refractivity (Wildman–Crippen MR) is 80.2 cm³/mol. The highest BCUT2D eigenvalue weighted by Gasteiger charge is 2.49. The molecule has 2 N–H and O–H groups in total. The van der Waals surface area contributed by atoms with Crippen molar-refractivity contribution in [3.63, 3.8) is 0 Å². The van der Waals surface area contributed by atoms with Gasteiger partial charge in [0.15, 0.2) is 0 Å². The van der Waals surface area contributed by atoms with Gasteiger partial charge in [-0.05, 0) is 75.5 Å². The number of aryl methyl sites for hydroxylation is 1. The zero-order valence-corrected chi connectivity index (χ0v) is 12.7. The number of aromatic amines is 1. The number of hydrogen-bond acceptors (Lipinski definition) is 2. The minimum Gasteiger partial charge on any atom is -0.310 e. The van der Waals surface area contributed by atoms with Gasteiger partial charge in [-0.15, -0.1) is 0 Å². The first-order valence-corrected chi connectivity index (χ1v) is 8.43. The summed E-state index contributed by atoms with van der Waals surface area (Å²) in [7, 11) is 0. The second-order valence-corrected chi connectivity index (χ2v) is 7.70. The summed E-state index contributed by atoms with van der Waals surface area (Å²) in [4.78, 5) is 0. The standard InChI is InChI=1S/C17H27N3/c1-10-16(9-19-20-10)8-18-11(2)17-14-4-12-3-13(6-14)7-15(17)5-12/h9,11-15,17-18H,3-8H2,1-2H3,(H,19,20). The molecule has 0 spiro atoms. The summed E-state index contributed by atoms with van der Waals surface area (Å²) < 4.78 is 0. The van der Waals surface area contributed by atoms with E-state index in [0.717, 1.165) is 36.1 Å². The summed E-state index contributed by atoms with van der Waals surface area (Å²) in [5.41, 5.74) is 2.52. The Morgan fingerprint density at radius 2 is 1.85 bits per heavy atom. The highest BCUT2D eigenvalue weighted by Crippen LogP contribution is 2.57. The molecule has 4 bridgehead atoms. The molecule has 0 saturated heterocycles. The molecule has 1 aromatic heterocycles. The number of rotatable bonds is 4. The number of nitrogens with one attached hydrogen (secondary N) is 2. The van der Waals surface area contributed by atoms with E-state index in [9.17, 15) is 0 Å². The summed E-state index contributed by atoms with van der Waals surface area (Å²) in [5.74, 6) is 5.11. The lowest BCUT2D eigenvalue weighted by Gasteiger charge is -2.56. The van der Waals surface area contributed by atoms with Gasteiger partial charge in [0.1, 0.15) is 0 Å². The molecule has 1 atom stereocenters. The molecule has 5 rings (SSSR count). The van der Waals surface area contributed by atoms with Crippen molar-refractivity contribution < 1.29 is 0 Å². The molecule has 4 saturated carbocycles. The number of hydrogen-bond donors (Lipinski definition) is 2. The van der Waals surface area contributed by atoms with Gasteiger partial charge in [-0.1, -0.05) is 0 Å². The lowest BCUT2D eigenvalue weighted by atomic mass is 9.50. The Hall–Kier alpha value is -0.830. The van der Waals surface area contributed by atoms with Crippen molar-refractivity contribution in [1.29, 1.82) is 0 Å². The highest BCUT2D eigenvalue weighted by atomic mass is 15.1. The third-order valence-electron chi connectivity index (χ3n) is 6.43. The Morgan fingerprint density at radius 3 is 2.40 bits per heavy atom. The molecule has 1 heterocycles. The summed E-state index contributed by atoms with van der Waals surface area (Å²) >= 11 is 0. The van der Waals surface area contributed by atoms with Crippen LogP contribution in [-0.4, -0.2) is 16.2 Å². The molecule has 0 aliphatic heterocycles. The van der Waals surface area contributed by atoms with E-state index in [1.807, 2.05) is 6.20 Å². The Labute approximate surface area is 121 Å².